The average Bonchev–Trinajstić information content (AvgIpc) is 2.85. The van der Waals surface area contributed by atoms with Gasteiger partial charge in [0.2, 0.25) is 5.91 Å². The van der Waals surface area contributed by atoms with Gasteiger partial charge < -0.3 is 20.3 Å². The molecule has 1 saturated heterocycles. The van der Waals surface area contributed by atoms with Crippen LogP contribution < -0.4 is 15.4 Å². The minimum absolute atomic E-state index is 0.0799. The van der Waals surface area contributed by atoms with Gasteiger partial charge in [0.1, 0.15) is 12.4 Å². The van der Waals surface area contributed by atoms with Gasteiger partial charge in [-0.25, -0.2) is 0 Å². The lowest BCUT2D eigenvalue weighted by atomic mass is 9.99. The SMILES string of the molecule is CC(C)CCN(c1ccc(OCc2ccccc2)cc1)C1CCN(C[CH]CC(C)C(N)=O)CC1. The molecule has 185 valence electrons. The highest BCUT2D eigenvalue weighted by Crippen LogP contribution is 2.27. The molecule has 5 nitrogen and oxygen atoms in total. The zero-order chi connectivity index (χ0) is 24.3. The van der Waals surface area contributed by atoms with Gasteiger partial charge in [0.15, 0.2) is 0 Å². The number of benzene rings is 2. The van der Waals surface area contributed by atoms with E-state index in [1.807, 2.05) is 25.1 Å². The first-order valence-electron chi connectivity index (χ1n) is 12.8. The third-order valence-corrected chi connectivity index (χ3v) is 6.76. The van der Waals surface area contributed by atoms with Gasteiger partial charge in [0.25, 0.3) is 0 Å². The van der Waals surface area contributed by atoms with E-state index in [2.05, 4.69) is 66.5 Å². The molecule has 1 aliphatic heterocycles. The number of ether oxygens (including phenoxy) is 1. The van der Waals surface area contributed by atoms with E-state index in [9.17, 15) is 4.79 Å². The predicted octanol–water partition coefficient (Wildman–Crippen LogP) is 5.30. The van der Waals surface area contributed by atoms with Crippen molar-refractivity contribution in [3.05, 3.63) is 66.6 Å². The first-order valence-corrected chi connectivity index (χ1v) is 12.8. The van der Waals surface area contributed by atoms with E-state index in [0.29, 0.717) is 18.6 Å². The number of piperidine rings is 1. The minimum atomic E-state index is -0.216. The van der Waals surface area contributed by atoms with Crippen molar-refractivity contribution in [2.24, 2.45) is 17.6 Å². The molecule has 3 rings (SSSR count). The molecule has 0 aliphatic carbocycles. The lowest BCUT2D eigenvalue weighted by Crippen LogP contribution is -2.46. The molecule has 2 N–H and O–H groups in total. The Kier molecular flexibility index (Phi) is 10.3. The third-order valence-electron chi connectivity index (χ3n) is 6.76. The number of hydrogen-bond donors (Lipinski definition) is 1. The summed E-state index contributed by atoms with van der Waals surface area (Å²) in [6, 6.07) is 19.5. The summed E-state index contributed by atoms with van der Waals surface area (Å²) in [5.74, 6) is 1.29. The monoisotopic (exact) mass is 464 g/mol. The van der Waals surface area contributed by atoms with Crippen molar-refractivity contribution in [3.8, 4) is 5.75 Å². The lowest BCUT2D eigenvalue weighted by molar-refractivity contribution is -0.121. The van der Waals surface area contributed by atoms with Crippen molar-refractivity contribution in [3.63, 3.8) is 0 Å². The second kappa shape index (κ2) is 13.4. The van der Waals surface area contributed by atoms with E-state index >= 15 is 0 Å². The van der Waals surface area contributed by atoms with Crippen LogP contribution >= 0.6 is 0 Å². The molecule has 2 aromatic rings. The van der Waals surface area contributed by atoms with Gasteiger partial charge in [0.05, 0.1) is 0 Å². The molecule has 0 spiro atoms. The number of rotatable bonds is 13. The summed E-state index contributed by atoms with van der Waals surface area (Å²) in [4.78, 5) is 16.3. The zero-order valence-corrected chi connectivity index (χ0v) is 21.2. The van der Waals surface area contributed by atoms with Crippen molar-refractivity contribution in [1.82, 2.24) is 4.90 Å². The highest BCUT2D eigenvalue weighted by atomic mass is 16.5. The van der Waals surface area contributed by atoms with Crippen LogP contribution in [0.1, 0.15) is 52.0 Å². The quantitative estimate of drug-likeness (QED) is 0.437. The number of amides is 1. The molecule has 1 aliphatic rings. The van der Waals surface area contributed by atoms with Gasteiger partial charge in [-0.1, -0.05) is 51.1 Å². The highest BCUT2D eigenvalue weighted by Gasteiger charge is 2.25. The Morgan fingerprint density at radius 2 is 1.76 bits per heavy atom. The van der Waals surface area contributed by atoms with Crippen molar-refractivity contribution in [2.75, 3.05) is 31.1 Å². The van der Waals surface area contributed by atoms with E-state index < -0.39 is 0 Å². The van der Waals surface area contributed by atoms with E-state index in [0.717, 1.165) is 51.2 Å². The lowest BCUT2D eigenvalue weighted by Gasteiger charge is -2.40. The van der Waals surface area contributed by atoms with Crippen LogP contribution in [0.25, 0.3) is 0 Å². The fourth-order valence-electron chi connectivity index (χ4n) is 4.43. The largest absolute Gasteiger partial charge is 0.489 e. The molecule has 1 radical (unpaired) electrons. The summed E-state index contributed by atoms with van der Waals surface area (Å²) in [7, 11) is 0. The summed E-state index contributed by atoms with van der Waals surface area (Å²) in [5.41, 5.74) is 7.84. The summed E-state index contributed by atoms with van der Waals surface area (Å²) in [6.45, 7) is 11.3. The molecule has 1 heterocycles. The molecular formula is C29H42N3O2. The van der Waals surface area contributed by atoms with Crippen molar-refractivity contribution < 1.29 is 9.53 Å². The van der Waals surface area contributed by atoms with E-state index in [1.165, 1.54) is 17.7 Å². The summed E-state index contributed by atoms with van der Waals surface area (Å²) in [6.07, 6.45) is 6.47. The molecule has 1 fully saturated rings. The van der Waals surface area contributed by atoms with Gasteiger partial charge in [0, 0.05) is 43.8 Å². The summed E-state index contributed by atoms with van der Waals surface area (Å²) in [5, 5.41) is 0. The molecule has 1 atom stereocenters. The van der Waals surface area contributed by atoms with E-state index in [1.54, 1.807) is 0 Å². The number of carbonyl (C=O) groups is 1. The molecule has 34 heavy (non-hydrogen) atoms. The van der Waals surface area contributed by atoms with Crippen LogP contribution in [0.4, 0.5) is 5.69 Å². The van der Waals surface area contributed by atoms with Crippen molar-refractivity contribution >= 4 is 11.6 Å². The number of hydrogen-bond acceptors (Lipinski definition) is 4. The predicted molar refractivity (Wildman–Crippen MR) is 141 cm³/mol. The maximum Gasteiger partial charge on any atom is 0.220 e. The second-order valence-electron chi connectivity index (χ2n) is 10.0. The van der Waals surface area contributed by atoms with Crippen LogP contribution in [0.3, 0.4) is 0 Å². The number of likely N-dealkylation sites (tertiary alicyclic amines) is 1. The Labute approximate surface area is 206 Å². The van der Waals surface area contributed by atoms with Gasteiger partial charge in [-0.05, 0) is 67.9 Å². The van der Waals surface area contributed by atoms with Gasteiger partial charge in [-0.15, -0.1) is 0 Å². The molecule has 2 aromatic carbocycles. The Bertz CT molecular complexity index is 845. The molecular weight excluding hydrogens is 422 g/mol. The van der Waals surface area contributed by atoms with Crippen LogP contribution in [-0.2, 0) is 11.4 Å². The van der Waals surface area contributed by atoms with Gasteiger partial charge in [-0.2, -0.15) is 0 Å². The van der Waals surface area contributed by atoms with Gasteiger partial charge >= 0.3 is 0 Å². The van der Waals surface area contributed by atoms with Gasteiger partial charge in [-0.3, -0.25) is 4.79 Å². The van der Waals surface area contributed by atoms with Crippen LogP contribution in [0.2, 0.25) is 0 Å². The Morgan fingerprint density at radius 3 is 2.38 bits per heavy atom. The molecule has 0 bridgehead atoms. The molecule has 1 amide bonds. The van der Waals surface area contributed by atoms with Crippen LogP contribution in [0.15, 0.2) is 54.6 Å². The van der Waals surface area contributed by atoms with Crippen molar-refractivity contribution in [2.45, 2.75) is 59.1 Å². The minimum Gasteiger partial charge on any atom is -0.489 e. The molecule has 0 saturated carbocycles. The van der Waals surface area contributed by atoms with Crippen LogP contribution in [-0.4, -0.2) is 43.0 Å². The fraction of sp³-hybridized carbons (Fsp3) is 0.517. The number of nitrogens with two attached hydrogens (primary N) is 1. The Balaban J connectivity index is 1.54. The first kappa shape index (κ1) is 26.1. The average molecular weight is 465 g/mol. The number of nitrogens with zero attached hydrogens (tertiary/aromatic N) is 2. The Morgan fingerprint density at radius 1 is 1.09 bits per heavy atom. The summed E-state index contributed by atoms with van der Waals surface area (Å²) < 4.78 is 6.00. The summed E-state index contributed by atoms with van der Waals surface area (Å²) >= 11 is 0. The van der Waals surface area contributed by atoms with Crippen LogP contribution in [0, 0.1) is 18.3 Å². The molecule has 1 unspecified atom stereocenters. The normalized spacial score (nSPS) is 15.9. The van der Waals surface area contributed by atoms with E-state index in [-0.39, 0.29) is 11.8 Å². The molecule has 0 aromatic heterocycles. The van der Waals surface area contributed by atoms with Crippen molar-refractivity contribution in [1.29, 1.82) is 0 Å². The maximum atomic E-state index is 11.2. The number of primary amides is 1. The Hall–Kier alpha value is -2.53. The second-order valence-corrected chi connectivity index (χ2v) is 10.0. The number of carbonyl (C=O) groups excluding carboxylic acids is 1. The first-order chi connectivity index (χ1) is 16.4. The smallest absolute Gasteiger partial charge is 0.220 e. The fourth-order valence-corrected chi connectivity index (χ4v) is 4.43. The maximum absolute atomic E-state index is 11.2. The van der Waals surface area contributed by atoms with E-state index in [4.69, 9.17) is 10.5 Å². The highest BCUT2D eigenvalue weighted by molar-refractivity contribution is 5.76. The van der Waals surface area contributed by atoms with Crippen LogP contribution in [0.5, 0.6) is 5.75 Å². The third kappa shape index (κ3) is 8.35. The number of anilines is 1. The zero-order valence-electron chi connectivity index (χ0n) is 21.2. The molecule has 5 heteroatoms. The standard InChI is InChI=1S/C29H42N3O2/c1-23(2)15-21-32(27-16-19-31(20-17-27)18-7-8-24(3)29(30)33)26-11-13-28(14-12-26)34-22-25-9-5-4-6-10-25/h4-7,9-14,23-24,27H,8,15-22H2,1-3H3,(H2,30,33). The topological polar surface area (TPSA) is 58.8 Å².